The number of carbonyl (C=O) groups excluding carboxylic acids is 2. The Morgan fingerprint density at radius 1 is 1.00 bits per heavy atom. The van der Waals surface area contributed by atoms with Gasteiger partial charge in [-0.15, -0.1) is 0 Å². The number of amides is 1. The summed E-state index contributed by atoms with van der Waals surface area (Å²) in [7, 11) is 0. The molecule has 1 amide bonds. The van der Waals surface area contributed by atoms with Gasteiger partial charge in [0.1, 0.15) is 0 Å². The number of hydrogen-bond donors (Lipinski definition) is 1. The van der Waals surface area contributed by atoms with E-state index in [-0.39, 0.29) is 17.7 Å². The van der Waals surface area contributed by atoms with Crippen LogP contribution in [-0.2, 0) is 0 Å². The Kier molecular flexibility index (Phi) is 4.94. The van der Waals surface area contributed by atoms with Crippen molar-refractivity contribution in [3.05, 3.63) is 65.7 Å². The van der Waals surface area contributed by atoms with Crippen LogP contribution in [0.3, 0.4) is 0 Å². The SMILES string of the molecule is CC(=O)c1ccccc1C(=O)N1CCCC(Nc2ccccc2)C1. The van der Waals surface area contributed by atoms with E-state index in [4.69, 9.17) is 0 Å². The fourth-order valence-corrected chi connectivity index (χ4v) is 3.20. The summed E-state index contributed by atoms with van der Waals surface area (Å²) in [6, 6.07) is 17.3. The number of benzene rings is 2. The third kappa shape index (κ3) is 3.65. The van der Waals surface area contributed by atoms with Crippen molar-refractivity contribution < 1.29 is 9.59 Å². The minimum atomic E-state index is -0.0741. The molecule has 0 aromatic heterocycles. The number of anilines is 1. The summed E-state index contributed by atoms with van der Waals surface area (Å²) in [5, 5.41) is 3.49. The molecule has 2 aromatic carbocycles. The van der Waals surface area contributed by atoms with Crippen LogP contribution in [0.5, 0.6) is 0 Å². The second-order valence-corrected chi connectivity index (χ2v) is 6.20. The van der Waals surface area contributed by atoms with E-state index < -0.39 is 0 Å². The van der Waals surface area contributed by atoms with Crippen molar-refractivity contribution in [2.75, 3.05) is 18.4 Å². The zero-order chi connectivity index (χ0) is 16.9. The third-order valence-corrected chi connectivity index (χ3v) is 4.39. The summed E-state index contributed by atoms with van der Waals surface area (Å²) in [6.07, 6.45) is 1.99. The van der Waals surface area contributed by atoms with Crippen molar-refractivity contribution in [2.24, 2.45) is 0 Å². The van der Waals surface area contributed by atoms with Crippen LogP contribution < -0.4 is 5.32 Å². The molecule has 2 aromatic rings. The average Bonchev–Trinajstić information content (AvgIpc) is 2.62. The van der Waals surface area contributed by atoms with E-state index in [0.717, 1.165) is 25.1 Å². The lowest BCUT2D eigenvalue weighted by atomic mass is 10.0. The summed E-state index contributed by atoms with van der Waals surface area (Å²) in [6.45, 7) is 2.89. The highest BCUT2D eigenvalue weighted by molar-refractivity contribution is 6.07. The molecule has 1 atom stereocenters. The predicted octanol–water partition coefficient (Wildman–Crippen LogP) is 3.61. The summed E-state index contributed by atoms with van der Waals surface area (Å²) < 4.78 is 0. The molecular weight excluding hydrogens is 300 g/mol. The lowest BCUT2D eigenvalue weighted by molar-refractivity contribution is 0.0710. The van der Waals surface area contributed by atoms with Gasteiger partial charge in [-0.05, 0) is 38.0 Å². The number of para-hydroxylation sites is 1. The van der Waals surface area contributed by atoms with E-state index in [0.29, 0.717) is 17.7 Å². The maximum atomic E-state index is 12.9. The van der Waals surface area contributed by atoms with Crippen molar-refractivity contribution in [1.82, 2.24) is 4.90 Å². The summed E-state index contributed by atoms with van der Waals surface area (Å²) >= 11 is 0. The first-order valence-corrected chi connectivity index (χ1v) is 8.36. The summed E-state index contributed by atoms with van der Waals surface area (Å²) in [5.41, 5.74) is 2.08. The number of likely N-dealkylation sites (tertiary alicyclic amines) is 1. The van der Waals surface area contributed by atoms with Gasteiger partial charge in [0.25, 0.3) is 5.91 Å². The van der Waals surface area contributed by atoms with Crippen LogP contribution in [0, 0.1) is 0 Å². The highest BCUT2D eigenvalue weighted by Gasteiger charge is 2.26. The molecule has 1 heterocycles. The molecule has 0 aliphatic carbocycles. The third-order valence-electron chi connectivity index (χ3n) is 4.39. The molecule has 0 spiro atoms. The Hall–Kier alpha value is -2.62. The van der Waals surface area contributed by atoms with Crippen molar-refractivity contribution in [1.29, 1.82) is 0 Å². The van der Waals surface area contributed by atoms with Gasteiger partial charge >= 0.3 is 0 Å². The van der Waals surface area contributed by atoms with E-state index in [1.165, 1.54) is 6.92 Å². The number of nitrogens with one attached hydrogen (secondary N) is 1. The number of Topliss-reactive ketones (excluding diaryl/α,β-unsaturated/α-hetero) is 1. The van der Waals surface area contributed by atoms with E-state index >= 15 is 0 Å². The summed E-state index contributed by atoms with van der Waals surface area (Å²) in [5.74, 6) is -0.129. The Morgan fingerprint density at radius 3 is 2.38 bits per heavy atom. The first-order valence-electron chi connectivity index (χ1n) is 8.36. The van der Waals surface area contributed by atoms with Gasteiger partial charge in [0, 0.05) is 30.4 Å². The zero-order valence-electron chi connectivity index (χ0n) is 13.9. The molecule has 124 valence electrons. The van der Waals surface area contributed by atoms with Gasteiger partial charge in [-0.25, -0.2) is 0 Å². The first kappa shape index (κ1) is 16.2. The van der Waals surface area contributed by atoms with Gasteiger partial charge in [-0.2, -0.15) is 0 Å². The van der Waals surface area contributed by atoms with Crippen LogP contribution in [0.1, 0.15) is 40.5 Å². The smallest absolute Gasteiger partial charge is 0.254 e. The standard InChI is InChI=1S/C20H22N2O2/c1-15(23)18-11-5-6-12-19(18)20(24)22-13-7-10-17(14-22)21-16-8-3-2-4-9-16/h2-6,8-9,11-12,17,21H,7,10,13-14H2,1H3. The van der Waals surface area contributed by atoms with Crippen molar-refractivity contribution in [3.63, 3.8) is 0 Å². The molecule has 1 aliphatic heterocycles. The molecule has 0 saturated carbocycles. The Labute approximate surface area is 142 Å². The lowest BCUT2D eigenvalue weighted by Crippen LogP contribution is -2.45. The maximum Gasteiger partial charge on any atom is 0.254 e. The van der Waals surface area contributed by atoms with Crippen molar-refractivity contribution in [2.45, 2.75) is 25.8 Å². The van der Waals surface area contributed by atoms with E-state index in [2.05, 4.69) is 5.32 Å². The lowest BCUT2D eigenvalue weighted by Gasteiger charge is -2.34. The maximum absolute atomic E-state index is 12.9. The van der Waals surface area contributed by atoms with Crippen molar-refractivity contribution in [3.8, 4) is 0 Å². The molecule has 0 bridgehead atoms. The topological polar surface area (TPSA) is 49.4 Å². The number of hydrogen-bond acceptors (Lipinski definition) is 3. The van der Waals surface area contributed by atoms with Gasteiger partial charge in [0.15, 0.2) is 5.78 Å². The molecule has 24 heavy (non-hydrogen) atoms. The summed E-state index contributed by atoms with van der Waals surface area (Å²) in [4.78, 5) is 26.5. The van der Waals surface area contributed by atoms with Gasteiger partial charge in [0.05, 0.1) is 5.56 Å². The number of nitrogens with zero attached hydrogens (tertiary/aromatic N) is 1. The quantitative estimate of drug-likeness (QED) is 0.875. The monoisotopic (exact) mass is 322 g/mol. The van der Waals surface area contributed by atoms with E-state index in [1.807, 2.05) is 41.3 Å². The number of rotatable bonds is 4. The van der Waals surface area contributed by atoms with Gasteiger partial charge in [-0.3, -0.25) is 9.59 Å². The molecule has 4 nitrogen and oxygen atoms in total. The number of piperidine rings is 1. The highest BCUT2D eigenvalue weighted by Crippen LogP contribution is 2.19. The number of ketones is 1. The second-order valence-electron chi connectivity index (χ2n) is 6.20. The normalized spacial score (nSPS) is 17.4. The minimum absolute atomic E-state index is 0.0552. The first-order chi connectivity index (χ1) is 11.6. The molecule has 1 N–H and O–H groups in total. The van der Waals surface area contributed by atoms with Gasteiger partial charge in [0.2, 0.25) is 0 Å². The van der Waals surface area contributed by atoms with Crippen LogP contribution in [0.25, 0.3) is 0 Å². The molecule has 1 aliphatic rings. The Bertz CT molecular complexity index is 727. The minimum Gasteiger partial charge on any atom is -0.381 e. The van der Waals surface area contributed by atoms with E-state index in [9.17, 15) is 9.59 Å². The molecule has 1 saturated heterocycles. The van der Waals surface area contributed by atoms with Crippen molar-refractivity contribution >= 4 is 17.4 Å². The van der Waals surface area contributed by atoms with Gasteiger partial charge in [-0.1, -0.05) is 36.4 Å². The van der Waals surface area contributed by atoms with Crippen LogP contribution in [0.15, 0.2) is 54.6 Å². The molecule has 1 unspecified atom stereocenters. The molecule has 4 heteroatoms. The fraction of sp³-hybridized carbons (Fsp3) is 0.300. The fourth-order valence-electron chi connectivity index (χ4n) is 3.20. The van der Waals surface area contributed by atoms with Crippen LogP contribution in [0.2, 0.25) is 0 Å². The number of carbonyl (C=O) groups is 2. The second kappa shape index (κ2) is 7.30. The van der Waals surface area contributed by atoms with Crippen LogP contribution >= 0.6 is 0 Å². The van der Waals surface area contributed by atoms with Crippen LogP contribution in [0.4, 0.5) is 5.69 Å². The van der Waals surface area contributed by atoms with E-state index in [1.54, 1.807) is 18.2 Å². The molecule has 0 radical (unpaired) electrons. The highest BCUT2D eigenvalue weighted by atomic mass is 16.2. The van der Waals surface area contributed by atoms with Gasteiger partial charge < -0.3 is 10.2 Å². The Morgan fingerprint density at radius 2 is 1.67 bits per heavy atom. The average molecular weight is 322 g/mol. The molecule has 1 fully saturated rings. The predicted molar refractivity (Wildman–Crippen MR) is 95.4 cm³/mol. The van der Waals surface area contributed by atoms with Crippen LogP contribution in [-0.4, -0.2) is 35.7 Å². The largest absolute Gasteiger partial charge is 0.381 e. The Balaban J connectivity index is 1.73. The molecular formula is C20H22N2O2. The zero-order valence-corrected chi connectivity index (χ0v) is 13.9. The molecule has 3 rings (SSSR count).